The number of hydrogen-bond donors (Lipinski definition) is 1. The Morgan fingerprint density at radius 2 is 2.11 bits per heavy atom. The van der Waals surface area contributed by atoms with Crippen molar-refractivity contribution in [3.8, 4) is 11.3 Å². The van der Waals surface area contributed by atoms with Gasteiger partial charge in [0.2, 0.25) is 5.89 Å². The molecule has 0 amide bonds. The topological polar surface area (TPSA) is 38.1 Å². The van der Waals surface area contributed by atoms with Gasteiger partial charge in [-0.25, -0.2) is 13.8 Å². The van der Waals surface area contributed by atoms with Crippen LogP contribution in [0, 0.1) is 11.6 Å². The predicted molar refractivity (Wildman–Crippen MR) is 63.9 cm³/mol. The average molecular weight is 252 g/mol. The van der Waals surface area contributed by atoms with Gasteiger partial charge in [0.1, 0.15) is 0 Å². The smallest absolute Gasteiger partial charge is 0.211 e. The Morgan fingerprint density at radius 3 is 2.78 bits per heavy atom. The maximum atomic E-state index is 13.1. The summed E-state index contributed by atoms with van der Waals surface area (Å²) in [6.07, 6.45) is 1.51. The summed E-state index contributed by atoms with van der Waals surface area (Å²) in [4.78, 5) is 4.12. The molecule has 1 unspecified atom stereocenters. The van der Waals surface area contributed by atoms with E-state index in [0.717, 1.165) is 18.7 Å². The van der Waals surface area contributed by atoms with Gasteiger partial charge in [0, 0.05) is 5.56 Å². The van der Waals surface area contributed by atoms with Crippen molar-refractivity contribution in [3.05, 3.63) is 41.9 Å². The zero-order valence-electron chi connectivity index (χ0n) is 10.2. The monoisotopic (exact) mass is 252 g/mol. The van der Waals surface area contributed by atoms with E-state index in [1.54, 1.807) is 0 Å². The van der Waals surface area contributed by atoms with E-state index < -0.39 is 11.6 Å². The molecule has 3 nitrogen and oxygen atoms in total. The summed E-state index contributed by atoms with van der Waals surface area (Å²) in [7, 11) is 0. The van der Waals surface area contributed by atoms with Gasteiger partial charge in [-0.1, -0.05) is 6.92 Å². The summed E-state index contributed by atoms with van der Waals surface area (Å²) < 4.78 is 31.4. The number of halogens is 2. The summed E-state index contributed by atoms with van der Waals surface area (Å²) in [5.74, 6) is -0.824. The van der Waals surface area contributed by atoms with Gasteiger partial charge in [0.05, 0.1) is 12.2 Å². The third-order valence-electron chi connectivity index (χ3n) is 2.61. The number of benzene rings is 1. The summed E-state index contributed by atoms with van der Waals surface area (Å²) in [6, 6.07) is 3.60. The number of nitrogens with zero attached hydrogens (tertiary/aromatic N) is 1. The number of nitrogens with one attached hydrogen (secondary N) is 1. The van der Waals surface area contributed by atoms with Crippen LogP contribution in [-0.2, 0) is 0 Å². The van der Waals surface area contributed by atoms with Crippen LogP contribution in [0.1, 0.15) is 25.8 Å². The highest BCUT2D eigenvalue weighted by Crippen LogP contribution is 2.24. The molecule has 5 heteroatoms. The second-order valence-electron chi connectivity index (χ2n) is 3.97. The van der Waals surface area contributed by atoms with E-state index >= 15 is 0 Å². The maximum absolute atomic E-state index is 13.1. The fourth-order valence-electron chi connectivity index (χ4n) is 1.66. The number of hydrogen-bond acceptors (Lipinski definition) is 3. The van der Waals surface area contributed by atoms with Gasteiger partial charge in [-0.15, -0.1) is 0 Å². The quantitative estimate of drug-likeness (QED) is 0.907. The molecular formula is C13H14F2N2O. The minimum atomic E-state index is -0.898. The van der Waals surface area contributed by atoms with Crippen LogP contribution in [-0.4, -0.2) is 11.5 Å². The Balaban J connectivity index is 2.26. The van der Waals surface area contributed by atoms with Gasteiger partial charge in [-0.3, -0.25) is 0 Å². The molecule has 1 heterocycles. The van der Waals surface area contributed by atoms with E-state index in [1.165, 1.54) is 12.3 Å². The number of aromatic nitrogens is 1. The van der Waals surface area contributed by atoms with Gasteiger partial charge >= 0.3 is 0 Å². The van der Waals surface area contributed by atoms with Crippen molar-refractivity contribution in [1.29, 1.82) is 0 Å². The van der Waals surface area contributed by atoms with E-state index in [-0.39, 0.29) is 6.04 Å². The SMILES string of the molecule is CCNC(C)c1ncc(-c2ccc(F)c(F)c2)o1. The van der Waals surface area contributed by atoms with Crippen LogP contribution in [0.3, 0.4) is 0 Å². The fraction of sp³-hybridized carbons (Fsp3) is 0.308. The van der Waals surface area contributed by atoms with Gasteiger partial charge in [-0.2, -0.15) is 0 Å². The van der Waals surface area contributed by atoms with Crippen molar-refractivity contribution in [2.24, 2.45) is 0 Å². The zero-order valence-corrected chi connectivity index (χ0v) is 10.2. The molecular weight excluding hydrogens is 238 g/mol. The predicted octanol–water partition coefficient (Wildman–Crippen LogP) is 3.29. The molecule has 0 saturated carbocycles. The lowest BCUT2D eigenvalue weighted by atomic mass is 10.2. The molecule has 0 aliphatic rings. The van der Waals surface area contributed by atoms with Crippen LogP contribution in [0.4, 0.5) is 8.78 Å². The molecule has 96 valence electrons. The molecule has 1 atom stereocenters. The van der Waals surface area contributed by atoms with E-state index in [1.807, 2.05) is 13.8 Å². The van der Waals surface area contributed by atoms with Crippen molar-refractivity contribution < 1.29 is 13.2 Å². The standard InChI is InChI=1S/C13H14F2N2O/c1-3-16-8(2)13-17-7-12(18-13)9-4-5-10(14)11(15)6-9/h4-8,16H,3H2,1-2H3. The molecule has 0 aliphatic carbocycles. The second kappa shape index (κ2) is 5.27. The summed E-state index contributed by atoms with van der Waals surface area (Å²) in [6.45, 7) is 4.70. The van der Waals surface area contributed by atoms with Crippen molar-refractivity contribution in [2.75, 3.05) is 6.54 Å². The molecule has 1 aromatic carbocycles. The molecule has 2 aromatic rings. The fourth-order valence-corrected chi connectivity index (χ4v) is 1.66. The Labute approximate surface area is 104 Å². The first-order valence-corrected chi connectivity index (χ1v) is 5.76. The second-order valence-corrected chi connectivity index (χ2v) is 3.97. The molecule has 18 heavy (non-hydrogen) atoms. The van der Waals surface area contributed by atoms with E-state index in [4.69, 9.17) is 4.42 Å². The van der Waals surface area contributed by atoms with Gasteiger partial charge in [0.15, 0.2) is 17.4 Å². The zero-order chi connectivity index (χ0) is 13.1. The molecule has 1 N–H and O–H groups in total. The molecule has 2 rings (SSSR count). The van der Waals surface area contributed by atoms with Crippen LogP contribution < -0.4 is 5.32 Å². The first-order chi connectivity index (χ1) is 8.61. The summed E-state index contributed by atoms with van der Waals surface area (Å²) >= 11 is 0. The van der Waals surface area contributed by atoms with Crippen molar-refractivity contribution >= 4 is 0 Å². The van der Waals surface area contributed by atoms with Gasteiger partial charge in [-0.05, 0) is 31.7 Å². The van der Waals surface area contributed by atoms with Crippen molar-refractivity contribution in [2.45, 2.75) is 19.9 Å². The van der Waals surface area contributed by atoms with E-state index in [2.05, 4.69) is 10.3 Å². The number of oxazole rings is 1. The minimum Gasteiger partial charge on any atom is -0.439 e. The van der Waals surface area contributed by atoms with Crippen LogP contribution in [0.25, 0.3) is 11.3 Å². The first kappa shape index (κ1) is 12.7. The molecule has 0 radical (unpaired) electrons. The molecule has 0 saturated heterocycles. The van der Waals surface area contributed by atoms with Crippen LogP contribution >= 0.6 is 0 Å². The van der Waals surface area contributed by atoms with Crippen LogP contribution in [0.5, 0.6) is 0 Å². The Morgan fingerprint density at radius 1 is 1.33 bits per heavy atom. The highest BCUT2D eigenvalue weighted by molar-refractivity contribution is 5.56. The summed E-state index contributed by atoms with van der Waals surface area (Å²) in [5, 5.41) is 3.16. The molecule has 1 aromatic heterocycles. The highest BCUT2D eigenvalue weighted by atomic mass is 19.2. The molecule has 0 aliphatic heterocycles. The molecule has 0 fully saturated rings. The third kappa shape index (κ3) is 2.56. The Hall–Kier alpha value is -1.75. The number of rotatable bonds is 4. The summed E-state index contributed by atoms with van der Waals surface area (Å²) in [5.41, 5.74) is 0.469. The normalized spacial score (nSPS) is 12.7. The lowest BCUT2D eigenvalue weighted by molar-refractivity contribution is 0.428. The van der Waals surface area contributed by atoms with Crippen LogP contribution in [0.15, 0.2) is 28.8 Å². The highest BCUT2D eigenvalue weighted by Gasteiger charge is 2.13. The molecule has 0 spiro atoms. The Kier molecular flexibility index (Phi) is 3.72. The first-order valence-electron chi connectivity index (χ1n) is 5.76. The lowest BCUT2D eigenvalue weighted by Crippen LogP contribution is -2.17. The van der Waals surface area contributed by atoms with Crippen LogP contribution in [0.2, 0.25) is 0 Å². The Bertz CT molecular complexity index is 540. The molecule has 0 bridgehead atoms. The van der Waals surface area contributed by atoms with Gasteiger partial charge < -0.3 is 9.73 Å². The van der Waals surface area contributed by atoms with E-state index in [9.17, 15) is 8.78 Å². The van der Waals surface area contributed by atoms with Crippen molar-refractivity contribution in [1.82, 2.24) is 10.3 Å². The average Bonchev–Trinajstić information content (AvgIpc) is 2.82. The minimum absolute atomic E-state index is 0.0194. The van der Waals surface area contributed by atoms with Crippen molar-refractivity contribution in [3.63, 3.8) is 0 Å². The largest absolute Gasteiger partial charge is 0.439 e. The van der Waals surface area contributed by atoms with Gasteiger partial charge in [0.25, 0.3) is 0 Å². The maximum Gasteiger partial charge on any atom is 0.211 e. The van der Waals surface area contributed by atoms with E-state index in [0.29, 0.717) is 17.2 Å². The lowest BCUT2D eigenvalue weighted by Gasteiger charge is -2.06. The third-order valence-corrected chi connectivity index (χ3v) is 2.61.